The second-order valence-corrected chi connectivity index (χ2v) is 5.55. The molecule has 2 rings (SSSR count). The molecular formula is C14H18N4O2S. The Morgan fingerprint density at radius 3 is 2.81 bits per heavy atom. The van der Waals surface area contributed by atoms with Crippen LogP contribution in [0.15, 0.2) is 34.4 Å². The lowest BCUT2D eigenvalue weighted by Crippen LogP contribution is -2.14. The van der Waals surface area contributed by atoms with Crippen LogP contribution < -0.4 is 10.5 Å². The minimum absolute atomic E-state index is 0.0371. The van der Waals surface area contributed by atoms with E-state index < -0.39 is 0 Å². The Hall–Kier alpha value is -2.15. The molecule has 0 aliphatic carbocycles. The number of hydrogen-bond acceptors (Lipinski definition) is 5. The minimum atomic E-state index is 0.0371. The molecule has 6 nitrogen and oxygen atoms in total. The number of aromatic nitrogens is 2. The largest absolute Gasteiger partial charge is 0.496 e. The van der Waals surface area contributed by atoms with Gasteiger partial charge in [0.25, 0.3) is 0 Å². The Balaban J connectivity index is 2.19. The second-order valence-electron chi connectivity index (χ2n) is 4.56. The molecule has 0 saturated carbocycles. The SMILES string of the molecule is COc1ccc(CSc2cc(C)nn2C)cc1C(N)=NO. The summed E-state index contributed by atoms with van der Waals surface area (Å²) < 4.78 is 7.07. The smallest absolute Gasteiger partial charge is 0.173 e. The number of nitrogens with zero attached hydrogens (tertiary/aromatic N) is 3. The third kappa shape index (κ3) is 3.49. The van der Waals surface area contributed by atoms with E-state index in [0.717, 1.165) is 22.0 Å². The molecule has 0 unspecified atom stereocenters. The number of thioether (sulfide) groups is 1. The van der Waals surface area contributed by atoms with E-state index in [4.69, 9.17) is 15.7 Å². The fourth-order valence-electron chi connectivity index (χ4n) is 1.98. The fraction of sp³-hybridized carbons (Fsp3) is 0.286. The molecule has 3 N–H and O–H groups in total. The zero-order valence-corrected chi connectivity index (χ0v) is 13.0. The maximum absolute atomic E-state index is 8.84. The standard InChI is InChI=1S/C14H18N4O2S/c1-9-6-13(18(2)16-9)21-8-10-4-5-12(20-3)11(7-10)14(15)17-19/h4-7,19H,8H2,1-3H3,(H2,15,17). The van der Waals surface area contributed by atoms with E-state index in [1.807, 2.05) is 42.9 Å². The van der Waals surface area contributed by atoms with Crippen LogP contribution in [0.25, 0.3) is 0 Å². The summed E-state index contributed by atoms with van der Waals surface area (Å²) in [7, 11) is 3.47. The first-order valence-corrected chi connectivity index (χ1v) is 7.32. The highest BCUT2D eigenvalue weighted by Gasteiger charge is 2.10. The van der Waals surface area contributed by atoms with Crippen LogP contribution in [0.1, 0.15) is 16.8 Å². The molecule has 1 aromatic heterocycles. The summed E-state index contributed by atoms with van der Waals surface area (Å²) in [6, 6.07) is 7.68. The van der Waals surface area contributed by atoms with Crippen molar-refractivity contribution in [2.45, 2.75) is 17.7 Å². The third-order valence-electron chi connectivity index (χ3n) is 2.99. The monoisotopic (exact) mass is 306 g/mol. The van der Waals surface area contributed by atoms with Gasteiger partial charge in [0.2, 0.25) is 0 Å². The summed E-state index contributed by atoms with van der Waals surface area (Å²) in [5.74, 6) is 1.37. The molecule has 0 bridgehead atoms. The van der Waals surface area contributed by atoms with Crippen molar-refractivity contribution >= 4 is 17.6 Å². The predicted molar refractivity (Wildman–Crippen MR) is 83.0 cm³/mol. The fourth-order valence-corrected chi connectivity index (χ4v) is 2.95. The van der Waals surface area contributed by atoms with Crippen molar-refractivity contribution < 1.29 is 9.94 Å². The van der Waals surface area contributed by atoms with Gasteiger partial charge < -0.3 is 15.7 Å². The highest BCUT2D eigenvalue weighted by atomic mass is 32.2. The lowest BCUT2D eigenvalue weighted by molar-refractivity contribution is 0.318. The van der Waals surface area contributed by atoms with Crippen molar-refractivity contribution in [3.05, 3.63) is 41.1 Å². The van der Waals surface area contributed by atoms with E-state index in [9.17, 15) is 0 Å². The average Bonchev–Trinajstić information content (AvgIpc) is 2.81. The van der Waals surface area contributed by atoms with E-state index in [-0.39, 0.29) is 5.84 Å². The third-order valence-corrected chi connectivity index (χ3v) is 4.15. The number of aryl methyl sites for hydroxylation is 2. The average molecular weight is 306 g/mol. The first kappa shape index (κ1) is 15.2. The molecule has 0 aliphatic rings. The minimum Gasteiger partial charge on any atom is -0.496 e. The highest BCUT2D eigenvalue weighted by Crippen LogP contribution is 2.26. The zero-order chi connectivity index (χ0) is 15.4. The Morgan fingerprint density at radius 2 is 2.24 bits per heavy atom. The Bertz CT molecular complexity index is 667. The first-order valence-electron chi connectivity index (χ1n) is 6.33. The van der Waals surface area contributed by atoms with Gasteiger partial charge in [-0.25, -0.2) is 0 Å². The van der Waals surface area contributed by atoms with Crippen molar-refractivity contribution in [1.82, 2.24) is 9.78 Å². The van der Waals surface area contributed by atoms with Crippen LogP contribution in [0.5, 0.6) is 5.75 Å². The number of nitrogens with two attached hydrogens (primary N) is 1. The zero-order valence-electron chi connectivity index (χ0n) is 12.2. The molecule has 0 fully saturated rings. The Morgan fingerprint density at radius 1 is 1.48 bits per heavy atom. The van der Waals surface area contributed by atoms with Gasteiger partial charge in [-0.1, -0.05) is 11.2 Å². The topological polar surface area (TPSA) is 85.7 Å². The maximum atomic E-state index is 8.84. The van der Waals surface area contributed by atoms with Crippen LogP contribution in [0.2, 0.25) is 0 Å². The van der Waals surface area contributed by atoms with E-state index in [1.165, 1.54) is 0 Å². The van der Waals surface area contributed by atoms with Crippen molar-refractivity contribution in [2.24, 2.45) is 17.9 Å². The molecule has 0 radical (unpaired) electrons. The first-order chi connectivity index (χ1) is 10.0. The van der Waals surface area contributed by atoms with Gasteiger partial charge in [0.1, 0.15) is 5.75 Å². The van der Waals surface area contributed by atoms with Crippen LogP contribution in [-0.4, -0.2) is 27.9 Å². The molecule has 0 aliphatic heterocycles. The van der Waals surface area contributed by atoms with Gasteiger partial charge in [-0.3, -0.25) is 4.68 Å². The Labute approximate surface area is 127 Å². The summed E-state index contributed by atoms with van der Waals surface area (Å²) in [6.07, 6.45) is 0. The van der Waals surface area contributed by atoms with Crippen LogP contribution in [-0.2, 0) is 12.8 Å². The summed E-state index contributed by atoms with van der Waals surface area (Å²) in [4.78, 5) is 0. The number of rotatable bonds is 5. The summed E-state index contributed by atoms with van der Waals surface area (Å²) in [6.45, 7) is 1.97. The summed E-state index contributed by atoms with van der Waals surface area (Å²) >= 11 is 1.68. The van der Waals surface area contributed by atoms with Gasteiger partial charge in [0.05, 0.1) is 23.4 Å². The number of hydrogen-bond donors (Lipinski definition) is 2. The van der Waals surface area contributed by atoms with Crippen LogP contribution in [0.3, 0.4) is 0 Å². The van der Waals surface area contributed by atoms with E-state index in [0.29, 0.717) is 11.3 Å². The van der Waals surface area contributed by atoms with Crippen molar-refractivity contribution in [1.29, 1.82) is 0 Å². The number of benzene rings is 1. The predicted octanol–water partition coefficient (Wildman–Crippen LogP) is 2.12. The molecule has 0 saturated heterocycles. The Kier molecular flexibility index (Phi) is 4.74. The lowest BCUT2D eigenvalue weighted by atomic mass is 10.1. The molecule has 0 spiro atoms. The van der Waals surface area contributed by atoms with Crippen molar-refractivity contribution in [3.63, 3.8) is 0 Å². The molecule has 21 heavy (non-hydrogen) atoms. The molecule has 1 aromatic carbocycles. The van der Waals surface area contributed by atoms with E-state index in [2.05, 4.69) is 10.3 Å². The molecule has 0 atom stereocenters. The van der Waals surface area contributed by atoms with Crippen LogP contribution >= 0.6 is 11.8 Å². The van der Waals surface area contributed by atoms with Crippen LogP contribution in [0, 0.1) is 6.92 Å². The van der Waals surface area contributed by atoms with E-state index in [1.54, 1.807) is 18.9 Å². The quantitative estimate of drug-likeness (QED) is 0.290. The molecular weight excluding hydrogens is 288 g/mol. The molecule has 112 valence electrons. The molecule has 7 heteroatoms. The number of amidine groups is 1. The van der Waals surface area contributed by atoms with E-state index >= 15 is 0 Å². The lowest BCUT2D eigenvalue weighted by Gasteiger charge is -2.09. The normalized spacial score (nSPS) is 11.7. The van der Waals surface area contributed by atoms with Crippen LogP contribution in [0.4, 0.5) is 0 Å². The van der Waals surface area contributed by atoms with Gasteiger partial charge in [-0.05, 0) is 30.7 Å². The summed E-state index contributed by atoms with van der Waals surface area (Å²) in [5, 5.41) is 17.3. The summed E-state index contributed by atoms with van der Waals surface area (Å²) in [5.41, 5.74) is 8.31. The molecule has 0 amide bonds. The maximum Gasteiger partial charge on any atom is 0.173 e. The molecule has 1 heterocycles. The number of ether oxygens (including phenoxy) is 1. The van der Waals surface area contributed by atoms with Gasteiger partial charge in [0.15, 0.2) is 5.84 Å². The van der Waals surface area contributed by atoms with Gasteiger partial charge >= 0.3 is 0 Å². The van der Waals surface area contributed by atoms with Crippen molar-refractivity contribution in [2.75, 3.05) is 7.11 Å². The number of oxime groups is 1. The molecule has 2 aromatic rings. The van der Waals surface area contributed by atoms with Gasteiger partial charge in [-0.15, -0.1) is 11.8 Å². The van der Waals surface area contributed by atoms with Crippen molar-refractivity contribution in [3.8, 4) is 5.75 Å². The van der Waals surface area contributed by atoms with Gasteiger partial charge in [-0.2, -0.15) is 5.10 Å². The van der Waals surface area contributed by atoms with Gasteiger partial charge in [0, 0.05) is 12.8 Å². The second kappa shape index (κ2) is 6.53. The number of methoxy groups -OCH3 is 1. The highest BCUT2D eigenvalue weighted by molar-refractivity contribution is 7.98.